The lowest BCUT2D eigenvalue weighted by atomic mass is 10.1. The number of carbonyl (C=O) groups excluding carboxylic acids is 1. The van der Waals surface area contributed by atoms with Crippen LogP contribution in [-0.2, 0) is 20.5 Å². The fourth-order valence-electron chi connectivity index (χ4n) is 3.87. The summed E-state index contributed by atoms with van der Waals surface area (Å²) in [7, 11) is -2.27. The Morgan fingerprint density at radius 1 is 0.946 bits per heavy atom. The zero-order chi connectivity index (χ0) is 26.4. The normalized spacial score (nSPS) is 11.6. The van der Waals surface area contributed by atoms with Crippen LogP contribution >= 0.6 is 11.8 Å². The quantitative estimate of drug-likeness (QED) is 0.207. The van der Waals surface area contributed by atoms with E-state index in [2.05, 4.69) is 10.2 Å². The van der Waals surface area contributed by atoms with Crippen LogP contribution in [0.1, 0.15) is 29.8 Å². The first-order chi connectivity index (χ1) is 17.9. The Bertz CT molecular complexity index is 1470. The van der Waals surface area contributed by atoms with E-state index in [9.17, 15) is 13.2 Å². The number of ether oxygens (including phenoxy) is 1. The van der Waals surface area contributed by atoms with Crippen molar-refractivity contribution in [3.05, 3.63) is 90.0 Å². The van der Waals surface area contributed by atoms with Crippen molar-refractivity contribution in [2.24, 2.45) is 0 Å². The summed E-state index contributed by atoms with van der Waals surface area (Å²) in [5.41, 5.74) is 3.02. The van der Waals surface area contributed by atoms with Gasteiger partial charge in [-0.1, -0.05) is 68.1 Å². The van der Waals surface area contributed by atoms with Crippen molar-refractivity contribution in [3.8, 4) is 17.1 Å². The number of nitrogens with zero attached hydrogens (tertiary/aromatic N) is 4. The molecule has 0 fully saturated rings. The van der Waals surface area contributed by atoms with Gasteiger partial charge in [-0.3, -0.25) is 4.57 Å². The molecule has 10 heteroatoms. The molecule has 0 aliphatic heterocycles. The molecule has 0 atom stereocenters. The first-order valence-corrected chi connectivity index (χ1v) is 14.2. The number of sulfonamides is 1. The van der Waals surface area contributed by atoms with Crippen LogP contribution in [0.2, 0.25) is 0 Å². The zero-order valence-corrected chi connectivity index (χ0v) is 22.5. The fourth-order valence-corrected chi connectivity index (χ4v) is 6.28. The standard InChI is InChI=1S/C27H28N4O4S2/c1-4-30(5-2)37(33,34)24-13-9-10-22(18-24)25-28-29-27(31(25)23-11-7-6-8-12-23)36-19-20-14-16-21(17-15-20)26(32)35-3/h6-18H,4-5,19H2,1-3H3. The van der Waals surface area contributed by atoms with Gasteiger partial charge in [0, 0.05) is 30.1 Å². The Labute approximate surface area is 221 Å². The highest BCUT2D eigenvalue weighted by atomic mass is 32.2. The van der Waals surface area contributed by atoms with E-state index >= 15 is 0 Å². The first kappa shape index (κ1) is 26.6. The molecule has 4 aromatic rings. The summed E-state index contributed by atoms with van der Waals surface area (Å²) in [4.78, 5) is 11.9. The van der Waals surface area contributed by atoms with Gasteiger partial charge in [-0.25, -0.2) is 13.2 Å². The van der Waals surface area contributed by atoms with Gasteiger partial charge in [-0.2, -0.15) is 4.31 Å². The minimum atomic E-state index is -3.62. The molecule has 0 N–H and O–H groups in total. The van der Waals surface area contributed by atoms with E-state index in [1.807, 2.05) is 66.9 Å². The van der Waals surface area contributed by atoms with Crippen LogP contribution in [0.25, 0.3) is 17.1 Å². The van der Waals surface area contributed by atoms with Gasteiger partial charge in [0.15, 0.2) is 11.0 Å². The van der Waals surface area contributed by atoms with Crippen LogP contribution in [0.15, 0.2) is 88.9 Å². The van der Waals surface area contributed by atoms with Gasteiger partial charge >= 0.3 is 5.97 Å². The van der Waals surface area contributed by atoms with E-state index in [0.717, 1.165) is 11.3 Å². The zero-order valence-electron chi connectivity index (χ0n) is 20.9. The van der Waals surface area contributed by atoms with Crippen LogP contribution in [0.4, 0.5) is 0 Å². The SMILES string of the molecule is CCN(CC)S(=O)(=O)c1cccc(-c2nnc(SCc3ccc(C(=O)OC)cc3)n2-c2ccccc2)c1. The predicted octanol–water partition coefficient (Wildman–Crippen LogP) is 5.04. The average Bonchev–Trinajstić information content (AvgIpc) is 3.37. The molecule has 0 amide bonds. The van der Waals surface area contributed by atoms with Crippen molar-refractivity contribution < 1.29 is 17.9 Å². The number of aromatic nitrogens is 3. The second kappa shape index (κ2) is 11.7. The molecular weight excluding hydrogens is 508 g/mol. The van der Waals surface area contributed by atoms with Gasteiger partial charge in [0.25, 0.3) is 0 Å². The summed E-state index contributed by atoms with van der Waals surface area (Å²) in [6.45, 7) is 4.43. The largest absolute Gasteiger partial charge is 0.465 e. The maximum Gasteiger partial charge on any atom is 0.337 e. The highest BCUT2D eigenvalue weighted by Gasteiger charge is 2.23. The highest BCUT2D eigenvalue weighted by Crippen LogP contribution is 2.31. The highest BCUT2D eigenvalue weighted by molar-refractivity contribution is 7.98. The molecule has 8 nitrogen and oxygen atoms in total. The van der Waals surface area contributed by atoms with Gasteiger partial charge in [0.05, 0.1) is 17.6 Å². The molecular formula is C27H28N4O4S2. The van der Waals surface area contributed by atoms with E-state index in [0.29, 0.717) is 41.0 Å². The van der Waals surface area contributed by atoms with Crippen LogP contribution in [0.3, 0.4) is 0 Å². The maximum atomic E-state index is 13.1. The van der Waals surface area contributed by atoms with Gasteiger partial charge in [0.2, 0.25) is 10.0 Å². The summed E-state index contributed by atoms with van der Waals surface area (Å²) >= 11 is 1.50. The van der Waals surface area contributed by atoms with Crippen LogP contribution in [0, 0.1) is 0 Å². The van der Waals surface area contributed by atoms with Crippen molar-refractivity contribution >= 4 is 27.8 Å². The minimum Gasteiger partial charge on any atom is -0.465 e. The number of para-hydroxylation sites is 1. The predicted molar refractivity (Wildman–Crippen MR) is 144 cm³/mol. The van der Waals surface area contributed by atoms with Crippen molar-refractivity contribution in [2.75, 3.05) is 20.2 Å². The van der Waals surface area contributed by atoms with Crippen molar-refractivity contribution in [1.82, 2.24) is 19.1 Å². The average molecular weight is 537 g/mol. The lowest BCUT2D eigenvalue weighted by Gasteiger charge is -2.19. The number of hydrogen-bond acceptors (Lipinski definition) is 7. The molecule has 1 aromatic heterocycles. The molecule has 192 valence electrons. The Morgan fingerprint density at radius 2 is 1.65 bits per heavy atom. The second-order valence-electron chi connectivity index (χ2n) is 8.07. The van der Waals surface area contributed by atoms with Crippen LogP contribution in [0.5, 0.6) is 0 Å². The number of carbonyl (C=O) groups is 1. The number of benzene rings is 3. The number of methoxy groups -OCH3 is 1. The monoisotopic (exact) mass is 536 g/mol. The molecule has 0 aliphatic carbocycles. The molecule has 37 heavy (non-hydrogen) atoms. The molecule has 0 aliphatic rings. The van der Waals surface area contributed by atoms with Gasteiger partial charge < -0.3 is 4.74 Å². The van der Waals surface area contributed by atoms with E-state index < -0.39 is 10.0 Å². The Balaban J connectivity index is 1.69. The summed E-state index contributed by atoms with van der Waals surface area (Å²) in [5.74, 6) is 0.771. The maximum absolute atomic E-state index is 13.1. The molecule has 3 aromatic carbocycles. The molecule has 0 radical (unpaired) electrons. The fraction of sp³-hybridized carbons (Fsp3) is 0.222. The van der Waals surface area contributed by atoms with E-state index in [1.165, 1.54) is 23.2 Å². The third-order valence-electron chi connectivity index (χ3n) is 5.83. The Morgan fingerprint density at radius 3 is 2.30 bits per heavy atom. The van der Waals surface area contributed by atoms with Gasteiger partial charge in [-0.05, 0) is 42.0 Å². The third kappa shape index (κ3) is 5.76. The summed E-state index contributed by atoms with van der Waals surface area (Å²) in [5, 5.41) is 9.56. The minimum absolute atomic E-state index is 0.219. The molecule has 0 unspecified atom stereocenters. The third-order valence-corrected chi connectivity index (χ3v) is 8.87. The number of rotatable bonds is 10. The van der Waals surface area contributed by atoms with Gasteiger partial charge in [-0.15, -0.1) is 10.2 Å². The molecule has 1 heterocycles. The summed E-state index contributed by atoms with van der Waals surface area (Å²) in [6, 6.07) is 23.8. The lowest BCUT2D eigenvalue weighted by molar-refractivity contribution is 0.0600. The summed E-state index contributed by atoms with van der Waals surface area (Å²) < 4.78 is 34.4. The molecule has 0 saturated carbocycles. The topological polar surface area (TPSA) is 94.4 Å². The van der Waals surface area contributed by atoms with Crippen molar-refractivity contribution in [3.63, 3.8) is 0 Å². The number of hydrogen-bond donors (Lipinski definition) is 0. The van der Waals surface area contributed by atoms with E-state index in [1.54, 1.807) is 30.3 Å². The Hall–Kier alpha value is -3.47. The summed E-state index contributed by atoms with van der Waals surface area (Å²) in [6.07, 6.45) is 0. The molecule has 0 saturated heterocycles. The van der Waals surface area contributed by atoms with Crippen molar-refractivity contribution in [1.29, 1.82) is 0 Å². The number of esters is 1. The number of thioether (sulfide) groups is 1. The Kier molecular flexibility index (Phi) is 8.42. The van der Waals surface area contributed by atoms with Crippen LogP contribution in [-0.4, -0.2) is 53.7 Å². The van der Waals surface area contributed by atoms with Crippen LogP contribution < -0.4 is 0 Å². The second-order valence-corrected chi connectivity index (χ2v) is 11.0. The molecule has 0 bridgehead atoms. The first-order valence-electron chi connectivity index (χ1n) is 11.8. The molecule has 0 spiro atoms. The lowest BCUT2D eigenvalue weighted by Crippen LogP contribution is -2.30. The smallest absolute Gasteiger partial charge is 0.337 e. The van der Waals surface area contributed by atoms with Gasteiger partial charge in [0.1, 0.15) is 0 Å². The van der Waals surface area contributed by atoms with E-state index in [-0.39, 0.29) is 10.9 Å². The molecule has 4 rings (SSSR count). The van der Waals surface area contributed by atoms with E-state index in [4.69, 9.17) is 4.74 Å². The van der Waals surface area contributed by atoms with Crippen molar-refractivity contribution in [2.45, 2.75) is 29.7 Å².